The molecule has 2 nitrogen and oxygen atoms in total. The molecule has 0 saturated carbocycles. The van der Waals surface area contributed by atoms with E-state index in [1.807, 2.05) is 14.0 Å². The minimum Gasteiger partial charge on any atom is -0.394 e. The number of aliphatic hydroxyl groups is 1. The van der Waals surface area contributed by atoms with Crippen LogP contribution in [0.1, 0.15) is 31.4 Å². The monoisotopic (exact) mass is 207 g/mol. The van der Waals surface area contributed by atoms with Gasteiger partial charge >= 0.3 is 0 Å². The van der Waals surface area contributed by atoms with Crippen molar-refractivity contribution in [3.05, 3.63) is 35.4 Å². The summed E-state index contributed by atoms with van der Waals surface area (Å²) in [6.45, 7) is 4.29. The second-order valence-electron chi connectivity index (χ2n) is 4.19. The fourth-order valence-electron chi connectivity index (χ4n) is 1.64. The van der Waals surface area contributed by atoms with Gasteiger partial charge < -0.3 is 10.4 Å². The topological polar surface area (TPSA) is 32.3 Å². The van der Waals surface area contributed by atoms with E-state index in [2.05, 4.69) is 36.5 Å². The Morgan fingerprint density at radius 1 is 1.27 bits per heavy atom. The molecule has 0 fully saturated rings. The van der Waals surface area contributed by atoms with Gasteiger partial charge in [-0.1, -0.05) is 37.6 Å². The molecule has 2 N–H and O–H groups in total. The van der Waals surface area contributed by atoms with Crippen molar-refractivity contribution in [2.24, 2.45) is 0 Å². The lowest BCUT2D eigenvalue weighted by atomic mass is 9.92. The van der Waals surface area contributed by atoms with Crippen molar-refractivity contribution in [2.45, 2.75) is 32.2 Å². The van der Waals surface area contributed by atoms with Crippen LogP contribution >= 0.6 is 0 Å². The highest BCUT2D eigenvalue weighted by atomic mass is 16.3. The van der Waals surface area contributed by atoms with Gasteiger partial charge in [-0.3, -0.25) is 0 Å². The number of benzene rings is 1. The van der Waals surface area contributed by atoms with E-state index in [1.165, 1.54) is 12.0 Å². The Bertz CT molecular complexity index is 288. The lowest BCUT2D eigenvalue weighted by molar-refractivity contribution is 0.183. The number of rotatable bonds is 5. The smallest absolute Gasteiger partial charge is 0.0652 e. The van der Waals surface area contributed by atoms with Crippen molar-refractivity contribution in [3.63, 3.8) is 0 Å². The van der Waals surface area contributed by atoms with Gasteiger partial charge in [0, 0.05) is 0 Å². The lowest BCUT2D eigenvalue weighted by Crippen LogP contribution is -2.40. The Morgan fingerprint density at radius 3 is 2.27 bits per heavy atom. The molecule has 0 radical (unpaired) electrons. The zero-order chi connectivity index (χ0) is 11.3. The van der Waals surface area contributed by atoms with E-state index < -0.39 is 0 Å². The average molecular weight is 207 g/mol. The molecule has 0 saturated heterocycles. The molecule has 1 atom stereocenters. The average Bonchev–Trinajstić information content (AvgIpc) is 2.29. The summed E-state index contributed by atoms with van der Waals surface area (Å²) in [5.41, 5.74) is 2.16. The van der Waals surface area contributed by atoms with Gasteiger partial charge in [0.2, 0.25) is 0 Å². The number of hydrogen-bond acceptors (Lipinski definition) is 2. The van der Waals surface area contributed by atoms with Crippen LogP contribution in [0.3, 0.4) is 0 Å². The minimum atomic E-state index is -0.329. The third-order valence-corrected chi connectivity index (χ3v) is 3.00. The molecule has 0 aliphatic carbocycles. The van der Waals surface area contributed by atoms with Crippen molar-refractivity contribution in [3.8, 4) is 0 Å². The van der Waals surface area contributed by atoms with Gasteiger partial charge in [-0.2, -0.15) is 0 Å². The first-order valence-electron chi connectivity index (χ1n) is 5.55. The SMILES string of the molecule is CCCc1ccc(C(C)(CO)NC)cc1. The molecule has 0 spiro atoms. The number of hydrogen-bond donors (Lipinski definition) is 2. The summed E-state index contributed by atoms with van der Waals surface area (Å²) in [7, 11) is 1.87. The first kappa shape index (κ1) is 12.2. The van der Waals surface area contributed by atoms with Crippen LogP contribution in [0.4, 0.5) is 0 Å². The van der Waals surface area contributed by atoms with Crippen molar-refractivity contribution in [1.82, 2.24) is 5.32 Å². The van der Waals surface area contributed by atoms with Gasteiger partial charge in [0.1, 0.15) is 0 Å². The van der Waals surface area contributed by atoms with E-state index in [0.717, 1.165) is 12.0 Å². The molecule has 1 aromatic rings. The van der Waals surface area contributed by atoms with Crippen LogP contribution in [-0.2, 0) is 12.0 Å². The van der Waals surface area contributed by atoms with Gasteiger partial charge in [0.05, 0.1) is 12.1 Å². The molecular weight excluding hydrogens is 186 g/mol. The highest BCUT2D eigenvalue weighted by molar-refractivity contribution is 5.28. The lowest BCUT2D eigenvalue weighted by Gasteiger charge is -2.27. The molecule has 0 aliphatic rings. The van der Waals surface area contributed by atoms with Crippen molar-refractivity contribution >= 4 is 0 Å². The van der Waals surface area contributed by atoms with Crippen LogP contribution in [0.25, 0.3) is 0 Å². The molecular formula is C13H21NO. The second-order valence-corrected chi connectivity index (χ2v) is 4.19. The van der Waals surface area contributed by atoms with Gasteiger partial charge in [0.15, 0.2) is 0 Å². The molecule has 1 unspecified atom stereocenters. The van der Waals surface area contributed by atoms with Gasteiger partial charge in [-0.15, -0.1) is 0 Å². The first-order valence-corrected chi connectivity index (χ1v) is 5.55. The van der Waals surface area contributed by atoms with E-state index in [9.17, 15) is 5.11 Å². The molecule has 0 amide bonds. The molecule has 84 valence electrons. The predicted octanol–water partition coefficient (Wildman–Crippen LogP) is 2.07. The van der Waals surface area contributed by atoms with Crippen LogP contribution in [-0.4, -0.2) is 18.8 Å². The quantitative estimate of drug-likeness (QED) is 0.774. The van der Waals surface area contributed by atoms with Gasteiger partial charge in [0.25, 0.3) is 0 Å². The van der Waals surface area contributed by atoms with Crippen LogP contribution in [0.2, 0.25) is 0 Å². The van der Waals surface area contributed by atoms with Crippen LogP contribution < -0.4 is 5.32 Å². The number of nitrogens with one attached hydrogen (secondary N) is 1. The third-order valence-electron chi connectivity index (χ3n) is 3.00. The Kier molecular flexibility index (Phi) is 4.30. The largest absolute Gasteiger partial charge is 0.394 e. The Hall–Kier alpha value is -0.860. The summed E-state index contributed by atoms with van der Waals surface area (Å²) in [5.74, 6) is 0. The summed E-state index contributed by atoms with van der Waals surface area (Å²) in [4.78, 5) is 0. The standard InChI is InChI=1S/C13H21NO/c1-4-5-11-6-8-12(9-7-11)13(2,10-15)14-3/h6-9,14-15H,4-5,10H2,1-3H3. The maximum absolute atomic E-state index is 9.35. The van der Waals surface area contributed by atoms with Crippen molar-refractivity contribution in [1.29, 1.82) is 0 Å². The maximum atomic E-state index is 9.35. The zero-order valence-electron chi connectivity index (χ0n) is 9.88. The summed E-state index contributed by atoms with van der Waals surface area (Å²) in [6, 6.07) is 8.48. The third kappa shape index (κ3) is 2.80. The zero-order valence-corrected chi connectivity index (χ0v) is 9.88. The summed E-state index contributed by atoms with van der Waals surface area (Å²) in [5, 5.41) is 12.5. The minimum absolute atomic E-state index is 0.108. The highest BCUT2D eigenvalue weighted by Gasteiger charge is 2.22. The van der Waals surface area contributed by atoms with Crippen LogP contribution in [0.5, 0.6) is 0 Å². The highest BCUT2D eigenvalue weighted by Crippen LogP contribution is 2.20. The molecule has 15 heavy (non-hydrogen) atoms. The van der Waals surface area contributed by atoms with E-state index in [4.69, 9.17) is 0 Å². The Balaban J connectivity index is 2.87. The normalized spacial score (nSPS) is 14.9. The Labute approximate surface area is 92.3 Å². The Morgan fingerprint density at radius 2 is 1.87 bits per heavy atom. The van der Waals surface area contributed by atoms with Crippen LogP contribution in [0.15, 0.2) is 24.3 Å². The number of aryl methyl sites for hydroxylation is 1. The summed E-state index contributed by atoms with van der Waals surface area (Å²) in [6.07, 6.45) is 2.29. The van der Waals surface area contributed by atoms with Crippen molar-refractivity contribution < 1.29 is 5.11 Å². The molecule has 0 aliphatic heterocycles. The summed E-state index contributed by atoms with van der Waals surface area (Å²) < 4.78 is 0. The van der Waals surface area contributed by atoms with Gasteiger partial charge in [-0.05, 0) is 31.5 Å². The molecule has 0 heterocycles. The molecule has 0 aromatic heterocycles. The second kappa shape index (κ2) is 5.29. The molecule has 1 rings (SSSR count). The maximum Gasteiger partial charge on any atom is 0.0652 e. The first-order chi connectivity index (χ1) is 7.16. The number of likely N-dealkylation sites (N-methyl/N-ethyl adjacent to an activating group) is 1. The fraction of sp³-hybridized carbons (Fsp3) is 0.538. The van der Waals surface area contributed by atoms with E-state index in [1.54, 1.807) is 0 Å². The van der Waals surface area contributed by atoms with Gasteiger partial charge in [-0.25, -0.2) is 0 Å². The predicted molar refractivity (Wildman–Crippen MR) is 63.9 cm³/mol. The van der Waals surface area contributed by atoms with Crippen molar-refractivity contribution in [2.75, 3.05) is 13.7 Å². The van der Waals surface area contributed by atoms with E-state index in [0.29, 0.717) is 0 Å². The summed E-state index contributed by atoms with van der Waals surface area (Å²) >= 11 is 0. The molecule has 1 aromatic carbocycles. The van der Waals surface area contributed by atoms with E-state index in [-0.39, 0.29) is 12.1 Å². The number of aliphatic hydroxyl groups excluding tert-OH is 1. The van der Waals surface area contributed by atoms with E-state index >= 15 is 0 Å². The van der Waals surface area contributed by atoms with Crippen LogP contribution in [0, 0.1) is 0 Å². The molecule has 0 bridgehead atoms. The molecule has 2 heteroatoms. The fourth-order valence-corrected chi connectivity index (χ4v) is 1.64.